The van der Waals surface area contributed by atoms with E-state index in [1.165, 1.54) is 34.2 Å². The molecule has 0 aromatic heterocycles. The summed E-state index contributed by atoms with van der Waals surface area (Å²) in [6.45, 7) is 0.147. The lowest BCUT2D eigenvalue weighted by Gasteiger charge is -2.40. The fraction of sp³-hybridized carbons (Fsp3) is 0.524. The van der Waals surface area contributed by atoms with E-state index in [-0.39, 0.29) is 0 Å². The smallest absolute Gasteiger partial charge is 0.173 e. The van der Waals surface area contributed by atoms with Crippen LogP contribution in [0, 0.1) is 0 Å². The molecule has 3 fully saturated rings. The van der Waals surface area contributed by atoms with Crippen molar-refractivity contribution in [3.05, 3.63) is 96.1 Å². The van der Waals surface area contributed by atoms with Crippen LogP contribution in [0.2, 0.25) is 0 Å². The third-order valence-corrected chi connectivity index (χ3v) is 10.8. The van der Waals surface area contributed by atoms with Gasteiger partial charge in [-0.2, -0.15) is 0 Å². The number of nitrogens with two attached hydrogens (primary N) is 2. The van der Waals surface area contributed by atoms with E-state index in [0.29, 0.717) is 19.8 Å². The molecule has 346 valence electrons. The zero-order valence-corrected chi connectivity index (χ0v) is 34.2. The van der Waals surface area contributed by atoms with Gasteiger partial charge < -0.3 is 97.6 Å². The van der Waals surface area contributed by atoms with Gasteiger partial charge in [-0.3, -0.25) is 5.32 Å². The largest absolute Gasteiger partial charge is 0.394 e. The van der Waals surface area contributed by atoms with Gasteiger partial charge in [0.1, 0.15) is 54.9 Å². The summed E-state index contributed by atoms with van der Waals surface area (Å²) in [4.78, 5) is 0. The maximum Gasteiger partial charge on any atom is 0.173 e. The molecule has 3 heterocycles. The molecule has 20 nitrogen and oxygen atoms in total. The third kappa shape index (κ3) is 13.1. The van der Waals surface area contributed by atoms with E-state index in [1.54, 1.807) is 0 Å². The topological polar surface area (TPSA) is 359 Å². The lowest BCUT2D eigenvalue weighted by atomic mass is 9.97. The quantitative estimate of drug-likeness (QED) is 0.0526. The molecule has 0 radical (unpaired) electrons. The first-order valence-corrected chi connectivity index (χ1v) is 20.1. The number of likely N-dealkylation sites (N-methyl/N-ethyl adjacent to an activating group) is 1. The van der Waals surface area contributed by atoms with Gasteiger partial charge in [-0.25, -0.2) is 0 Å². The lowest BCUT2D eigenvalue weighted by molar-refractivity contribution is -0.254. The second kappa shape index (κ2) is 25.2. The molecule has 20 heteroatoms. The van der Waals surface area contributed by atoms with Crippen LogP contribution in [0.25, 0.3) is 21.5 Å². The number of hydrogen-bond acceptors (Lipinski definition) is 20. The Balaban J connectivity index is 0.000000194. The van der Waals surface area contributed by atoms with E-state index < -0.39 is 112 Å². The number of rotatable bonds is 10. The number of nitrogens with one attached hydrogen (secondary N) is 3. The summed E-state index contributed by atoms with van der Waals surface area (Å²) in [5.41, 5.74) is 13.2. The molecule has 0 amide bonds. The van der Waals surface area contributed by atoms with Crippen LogP contribution in [-0.2, 0) is 27.3 Å². The van der Waals surface area contributed by atoms with Crippen LogP contribution in [-0.4, -0.2) is 187 Å². The van der Waals surface area contributed by atoms with Gasteiger partial charge in [-0.05, 0) is 39.7 Å². The summed E-state index contributed by atoms with van der Waals surface area (Å²) >= 11 is 0. The highest BCUT2D eigenvalue weighted by Gasteiger charge is 2.44. The molecular formula is C42H63N5O15. The van der Waals surface area contributed by atoms with Crippen molar-refractivity contribution in [1.82, 2.24) is 16.0 Å². The van der Waals surface area contributed by atoms with E-state index in [0.717, 1.165) is 5.56 Å². The first-order valence-electron chi connectivity index (χ1n) is 20.1. The van der Waals surface area contributed by atoms with Crippen LogP contribution < -0.4 is 27.4 Å². The third-order valence-electron chi connectivity index (χ3n) is 10.8. The minimum atomic E-state index is -1.35. The average molecular weight is 878 g/mol. The van der Waals surface area contributed by atoms with E-state index >= 15 is 0 Å². The van der Waals surface area contributed by atoms with Crippen LogP contribution >= 0.6 is 0 Å². The molecule has 7 rings (SSSR count). The molecule has 19 N–H and O–H groups in total. The van der Waals surface area contributed by atoms with E-state index in [1.807, 2.05) is 42.5 Å². The fourth-order valence-electron chi connectivity index (χ4n) is 7.15. The second-order valence-corrected chi connectivity index (χ2v) is 14.9. The molecule has 0 spiro atoms. The molecule has 3 aliphatic rings. The molecule has 4 aromatic rings. The van der Waals surface area contributed by atoms with Crippen molar-refractivity contribution in [2.45, 2.75) is 105 Å². The number of benzene rings is 4. The molecule has 3 saturated heterocycles. The highest BCUT2D eigenvalue weighted by Crippen LogP contribution is 2.22. The van der Waals surface area contributed by atoms with Gasteiger partial charge in [0.2, 0.25) is 0 Å². The standard InChI is InChI=1S/C18H24N2O5.C11H11N.C7H15NO5.C6H13NO5/c21-9-14-16(22)17(23)15(18(24)25-14)20-10-19-8-12-6-3-5-11-4-1-2-7-13(11)12;12-8-10-6-3-5-9-4-1-2-7-11(9)10;1-8-4-6(11)5(10)3(2-9)13-7(4)12;7-3-5(10)4(9)2(1-8)12-6(3)11/h1-7,14-24H,8-10H2;1-7H,8,12H2;3-12H,2H2,1H3;2-6,8-11H,1,7H2/t14-,15-,16+,17-,18?;;3-,4-,5+,6-,7?;2-,3+,4+,5-,6?/m1.11/s1. The predicted molar refractivity (Wildman–Crippen MR) is 225 cm³/mol. The zero-order valence-electron chi connectivity index (χ0n) is 34.2. The van der Waals surface area contributed by atoms with E-state index in [2.05, 4.69) is 58.4 Å². The van der Waals surface area contributed by atoms with Crippen molar-refractivity contribution in [3.8, 4) is 0 Å². The summed E-state index contributed by atoms with van der Waals surface area (Å²) < 4.78 is 14.7. The average Bonchev–Trinajstić information content (AvgIpc) is 3.29. The van der Waals surface area contributed by atoms with Crippen LogP contribution in [0.3, 0.4) is 0 Å². The van der Waals surface area contributed by atoms with Gasteiger partial charge in [0, 0.05) is 19.8 Å². The van der Waals surface area contributed by atoms with Crippen molar-refractivity contribution in [2.75, 3.05) is 33.5 Å². The molecule has 3 aliphatic heterocycles. The summed E-state index contributed by atoms with van der Waals surface area (Å²) in [7, 11) is 1.53. The Labute approximate surface area is 358 Å². The lowest BCUT2D eigenvalue weighted by Crippen LogP contribution is -2.64. The highest BCUT2D eigenvalue weighted by molar-refractivity contribution is 5.86. The summed E-state index contributed by atoms with van der Waals surface area (Å²) in [6, 6.07) is 26.1. The van der Waals surface area contributed by atoms with Crippen molar-refractivity contribution in [2.24, 2.45) is 11.5 Å². The van der Waals surface area contributed by atoms with E-state index in [9.17, 15) is 40.9 Å². The minimum Gasteiger partial charge on any atom is -0.394 e. The van der Waals surface area contributed by atoms with Crippen LogP contribution in [0.4, 0.5) is 0 Å². The normalized spacial score (nSPS) is 33.3. The number of aliphatic hydroxyl groups is 12. The van der Waals surface area contributed by atoms with Crippen molar-refractivity contribution < 1.29 is 75.5 Å². The van der Waals surface area contributed by atoms with Crippen molar-refractivity contribution in [1.29, 1.82) is 0 Å². The molecular weight excluding hydrogens is 814 g/mol. The number of fused-ring (bicyclic) bond motifs is 2. The number of hydrogen-bond donors (Lipinski definition) is 17. The maximum atomic E-state index is 10.1. The van der Waals surface area contributed by atoms with Gasteiger partial charge in [0.15, 0.2) is 18.9 Å². The Morgan fingerprint density at radius 1 is 0.516 bits per heavy atom. The highest BCUT2D eigenvalue weighted by atomic mass is 16.6. The molecule has 0 bridgehead atoms. The molecule has 62 heavy (non-hydrogen) atoms. The molecule has 0 saturated carbocycles. The summed E-state index contributed by atoms with van der Waals surface area (Å²) in [5.74, 6) is 0. The monoisotopic (exact) mass is 877 g/mol. The van der Waals surface area contributed by atoms with Crippen molar-refractivity contribution in [3.63, 3.8) is 0 Å². The molecule has 15 atom stereocenters. The first-order chi connectivity index (χ1) is 29.7. The Bertz CT molecular complexity index is 1890. The summed E-state index contributed by atoms with van der Waals surface area (Å²) in [6.07, 6.45) is -14.1. The SMILES string of the molecule is CN[C@H]1C(O)O[C@H](CO)[C@H](O)[C@@H]1O.NCc1cccc2ccccc12.N[C@@H]1C(O)O[C@H](CO)[C@H](O)[C@@H]1O.OC[C@H]1OC(O)[C@H](NCNCc2cccc3ccccc23)[C@@H](O)[C@H]1O. The summed E-state index contributed by atoms with van der Waals surface area (Å²) in [5, 5.41) is 125. The Kier molecular flexibility index (Phi) is 20.8. The number of ether oxygens (including phenoxy) is 3. The number of aliphatic hydroxyl groups excluding tert-OH is 12. The van der Waals surface area contributed by atoms with Crippen LogP contribution in [0.15, 0.2) is 84.9 Å². The first kappa shape index (κ1) is 51.2. The molecule has 4 aromatic carbocycles. The van der Waals surface area contributed by atoms with Gasteiger partial charge in [-0.1, -0.05) is 84.9 Å². The van der Waals surface area contributed by atoms with Gasteiger partial charge in [-0.15, -0.1) is 0 Å². The minimum absolute atomic E-state index is 0.307. The predicted octanol–water partition coefficient (Wildman–Crippen LogP) is -4.67. The van der Waals surface area contributed by atoms with Crippen LogP contribution in [0.5, 0.6) is 0 Å². The Morgan fingerprint density at radius 3 is 1.44 bits per heavy atom. The van der Waals surface area contributed by atoms with Gasteiger partial charge >= 0.3 is 0 Å². The van der Waals surface area contributed by atoms with Gasteiger partial charge in [0.25, 0.3) is 0 Å². The Morgan fingerprint density at radius 2 is 0.935 bits per heavy atom. The fourth-order valence-corrected chi connectivity index (χ4v) is 7.15. The second-order valence-electron chi connectivity index (χ2n) is 14.9. The van der Waals surface area contributed by atoms with Gasteiger partial charge in [0.05, 0.1) is 37.9 Å². The van der Waals surface area contributed by atoms with Crippen molar-refractivity contribution >= 4 is 21.5 Å². The molecule has 3 unspecified atom stereocenters. The molecule has 0 aliphatic carbocycles. The van der Waals surface area contributed by atoms with Crippen LogP contribution in [0.1, 0.15) is 11.1 Å². The maximum absolute atomic E-state index is 10.1. The Hall–Kier alpha value is -3.40. The zero-order chi connectivity index (χ0) is 45.5. The van der Waals surface area contributed by atoms with E-state index in [4.69, 9.17) is 46.1 Å².